The molecule has 2 aromatic heterocycles. The van der Waals surface area contributed by atoms with Gasteiger partial charge in [-0.05, 0) is 30.3 Å². The van der Waals surface area contributed by atoms with E-state index in [1.165, 1.54) is 12.1 Å². The van der Waals surface area contributed by atoms with Crippen molar-refractivity contribution in [2.45, 2.75) is 16.1 Å². The number of aromatic nitrogens is 2. The minimum atomic E-state index is -4.55. The molecule has 7 nitrogen and oxygen atoms in total. The van der Waals surface area contributed by atoms with Gasteiger partial charge >= 0.3 is 6.18 Å². The zero-order valence-corrected chi connectivity index (χ0v) is 16.7. The number of halogens is 4. The van der Waals surface area contributed by atoms with Crippen molar-refractivity contribution in [2.75, 3.05) is 5.73 Å². The Morgan fingerprint density at radius 3 is 2.35 bits per heavy atom. The van der Waals surface area contributed by atoms with Crippen LogP contribution in [0, 0.1) is 0 Å². The Bertz CT molecular complexity index is 1310. The van der Waals surface area contributed by atoms with Crippen molar-refractivity contribution < 1.29 is 22.8 Å². The van der Waals surface area contributed by atoms with E-state index in [1.807, 2.05) is 0 Å². The third-order valence-electron chi connectivity index (χ3n) is 4.40. The number of benzene rings is 1. The molecule has 1 aromatic carbocycles. The van der Waals surface area contributed by atoms with Crippen molar-refractivity contribution in [3.63, 3.8) is 0 Å². The van der Waals surface area contributed by atoms with E-state index in [0.717, 1.165) is 28.5 Å². The SMILES string of the molecule is Nc1c2c(cc(=O)n1-c1ccc(Sc3ncc(C(F)(F)F)cc3Cl)cc1)C(=O)NC2=O. The number of hydrogen-bond acceptors (Lipinski definition) is 6. The molecule has 0 fully saturated rings. The summed E-state index contributed by atoms with van der Waals surface area (Å²) in [6, 6.07) is 8.04. The maximum atomic E-state index is 12.7. The Balaban J connectivity index is 1.65. The van der Waals surface area contributed by atoms with Gasteiger partial charge in [0.2, 0.25) is 0 Å². The van der Waals surface area contributed by atoms with E-state index in [0.29, 0.717) is 16.8 Å². The molecule has 0 saturated heterocycles. The van der Waals surface area contributed by atoms with Gasteiger partial charge in [0.25, 0.3) is 17.4 Å². The first-order valence-corrected chi connectivity index (χ1v) is 9.68. The number of nitrogens with zero attached hydrogens (tertiary/aromatic N) is 2. The number of alkyl halides is 3. The average molecular weight is 467 g/mol. The summed E-state index contributed by atoms with van der Waals surface area (Å²) in [6.07, 6.45) is -3.86. The van der Waals surface area contributed by atoms with E-state index < -0.39 is 29.1 Å². The van der Waals surface area contributed by atoms with Gasteiger partial charge in [-0.1, -0.05) is 23.4 Å². The summed E-state index contributed by atoms with van der Waals surface area (Å²) in [4.78, 5) is 40.5. The average Bonchev–Trinajstić information content (AvgIpc) is 2.97. The monoisotopic (exact) mass is 466 g/mol. The van der Waals surface area contributed by atoms with E-state index in [4.69, 9.17) is 17.3 Å². The highest BCUT2D eigenvalue weighted by Gasteiger charge is 2.32. The number of pyridine rings is 2. The third kappa shape index (κ3) is 3.77. The first-order chi connectivity index (χ1) is 14.6. The van der Waals surface area contributed by atoms with Crippen LogP contribution in [-0.4, -0.2) is 21.4 Å². The number of amides is 2. The number of imide groups is 1. The minimum Gasteiger partial charge on any atom is -0.384 e. The molecule has 0 radical (unpaired) electrons. The fraction of sp³-hybridized carbons (Fsp3) is 0.0526. The molecule has 0 aliphatic carbocycles. The van der Waals surface area contributed by atoms with Gasteiger partial charge in [0, 0.05) is 17.2 Å². The van der Waals surface area contributed by atoms with E-state index in [-0.39, 0.29) is 27.0 Å². The van der Waals surface area contributed by atoms with Crippen LogP contribution >= 0.6 is 23.4 Å². The van der Waals surface area contributed by atoms with Gasteiger partial charge in [0.15, 0.2) is 0 Å². The van der Waals surface area contributed by atoms with Crippen LogP contribution in [0.15, 0.2) is 57.3 Å². The predicted octanol–water partition coefficient (Wildman–Crippen LogP) is 3.52. The number of carbonyl (C=O) groups is 2. The summed E-state index contributed by atoms with van der Waals surface area (Å²) in [7, 11) is 0. The summed E-state index contributed by atoms with van der Waals surface area (Å²) in [5.74, 6) is -1.57. The van der Waals surface area contributed by atoms with E-state index in [9.17, 15) is 27.6 Å². The van der Waals surface area contributed by atoms with Crippen molar-refractivity contribution in [2.24, 2.45) is 0 Å². The molecular formula is C19H10ClF3N4O3S. The van der Waals surface area contributed by atoms with Gasteiger partial charge in [-0.25, -0.2) is 4.98 Å². The summed E-state index contributed by atoms with van der Waals surface area (Å²) >= 11 is 6.95. The Kier molecular flexibility index (Phi) is 5.02. The number of nitrogen functional groups attached to an aromatic ring is 1. The lowest BCUT2D eigenvalue weighted by molar-refractivity contribution is -0.137. The highest BCUT2D eigenvalue weighted by Crippen LogP contribution is 2.36. The van der Waals surface area contributed by atoms with Gasteiger partial charge < -0.3 is 5.73 Å². The maximum Gasteiger partial charge on any atom is 0.417 e. The quantitative estimate of drug-likeness (QED) is 0.572. The van der Waals surface area contributed by atoms with E-state index in [1.54, 1.807) is 12.1 Å². The third-order valence-corrected chi connectivity index (χ3v) is 5.82. The van der Waals surface area contributed by atoms with Gasteiger partial charge in [0.1, 0.15) is 10.8 Å². The molecule has 3 heterocycles. The van der Waals surface area contributed by atoms with Crippen LogP contribution in [0.4, 0.5) is 19.0 Å². The zero-order chi connectivity index (χ0) is 22.5. The minimum absolute atomic E-state index is 0.0798. The van der Waals surface area contributed by atoms with Crippen molar-refractivity contribution in [3.05, 3.63) is 74.7 Å². The molecule has 1 aliphatic heterocycles. The van der Waals surface area contributed by atoms with E-state index >= 15 is 0 Å². The normalized spacial score (nSPS) is 13.3. The van der Waals surface area contributed by atoms with Crippen LogP contribution in [-0.2, 0) is 6.18 Å². The maximum absolute atomic E-state index is 12.7. The largest absolute Gasteiger partial charge is 0.417 e. The smallest absolute Gasteiger partial charge is 0.384 e. The first-order valence-electron chi connectivity index (χ1n) is 8.48. The number of rotatable bonds is 3. The second kappa shape index (κ2) is 7.43. The molecule has 2 amide bonds. The van der Waals surface area contributed by atoms with Crippen LogP contribution in [0.5, 0.6) is 0 Å². The van der Waals surface area contributed by atoms with Crippen molar-refractivity contribution in [1.82, 2.24) is 14.9 Å². The van der Waals surface area contributed by atoms with Crippen molar-refractivity contribution in [1.29, 1.82) is 0 Å². The summed E-state index contributed by atoms with van der Waals surface area (Å²) < 4.78 is 39.3. The highest BCUT2D eigenvalue weighted by molar-refractivity contribution is 7.99. The number of carbonyl (C=O) groups excluding carboxylic acids is 2. The van der Waals surface area contributed by atoms with Gasteiger partial charge in [0.05, 0.1) is 27.4 Å². The summed E-state index contributed by atoms with van der Waals surface area (Å²) in [5, 5.41) is 2.10. The van der Waals surface area contributed by atoms with Crippen LogP contribution in [0.25, 0.3) is 5.69 Å². The molecule has 158 valence electrons. The molecule has 12 heteroatoms. The number of anilines is 1. The molecule has 3 aromatic rings. The van der Waals surface area contributed by atoms with Crippen LogP contribution in [0.3, 0.4) is 0 Å². The topological polar surface area (TPSA) is 107 Å². The number of nitrogens with two attached hydrogens (primary N) is 1. The van der Waals surface area contributed by atoms with Gasteiger partial charge in [-0.3, -0.25) is 24.3 Å². The lowest BCUT2D eigenvalue weighted by Gasteiger charge is -2.12. The van der Waals surface area contributed by atoms with Gasteiger partial charge in [-0.2, -0.15) is 13.2 Å². The standard InChI is InChI=1S/C19H10ClF3N4O3S/c20-12-5-8(19(21,22)23)7-25-18(12)31-10-3-1-9(2-4-10)27-13(28)6-11-14(15(27)24)17(30)26-16(11)29/h1-7H,24H2,(H,26,29,30). The molecule has 0 unspecified atom stereocenters. The zero-order valence-electron chi connectivity index (χ0n) is 15.2. The number of fused-ring (bicyclic) bond motifs is 1. The molecular weight excluding hydrogens is 457 g/mol. The molecule has 31 heavy (non-hydrogen) atoms. The van der Waals surface area contributed by atoms with Crippen LogP contribution < -0.4 is 16.6 Å². The molecule has 0 spiro atoms. The Morgan fingerprint density at radius 2 is 1.74 bits per heavy atom. The lowest BCUT2D eigenvalue weighted by Crippen LogP contribution is -2.24. The summed E-state index contributed by atoms with van der Waals surface area (Å²) in [6.45, 7) is 0. The predicted molar refractivity (Wildman–Crippen MR) is 107 cm³/mol. The lowest BCUT2D eigenvalue weighted by atomic mass is 10.1. The second-order valence-electron chi connectivity index (χ2n) is 6.38. The molecule has 0 bridgehead atoms. The molecule has 0 atom stereocenters. The second-order valence-corrected chi connectivity index (χ2v) is 7.85. The molecule has 3 N–H and O–H groups in total. The van der Waals surface area contributed by atoms with E-state index in [2.05, 4.69) is 10.3 Å². The molecule has 1 aliphatic rings. The highest BCUT2D eigenvalue weighted by atomic mass is 35.5. The molecule has 0 saturated carbocycles. The number of nitrogens with one attached hydrogen (secondary N) is 1. The van der Waals surface area contributed by atoms with Crippen LogP contribution in [0.1, 0.15) is 26.3 Å². The first kappa shape index (κ1) is 20.9. The van der Waals surface area contributed by atoms with Crippen LogP contribution in [0.2, 0.25) is 5.02 Å². The Hall–Kier alpha value is -3.31. The fourth-order valence-electron chi connectivity index (χ4n) is 2.98. The fourth-order valence-corrected chi connectivity index (χ4v) is 4.02. The Morgan fingerprint density at radius 1 is 1.06 bits per heavy atom. The van der Waals surface area contributed by atoms with Crippen molar-refractivity contribution in [3.8, 4) is 5.69 Å². The van der Waals surface area contributed by atoms with Crippen molar-refractivity contribution >= 4 is 41.0 Å². The summed E-state index contributed by atoms with van der Waals surface area (Å²) in [5.41, 5.74) is 4.58. The Labute approximate surface area is 181 Å². The van der Waals surface area contributed by atoms with Gasteiger partial charge in [-0.15, -0.1) is 0 Å². The molecule has 4 rings (SSSR count). The number of hydrogen-bond donors (Lipinski definition) is 2.